The summed E-state index contributed by atoms with van der Waals surface area (Å²) in [5.74, 6) is -0.351. The topological polar surface area (TPSA) is 37.4 Å². The van der Waals surface area contributed by atoms with Gasteiger partial charge in [0.2, 0.25) is 0 Å². The molecule has 0 spiro atoms. The Hall–Kier alpha value is -1.12. The molecule has 1 aliphatic rings. The molecule has 90 valence electrons. The summed E-state index contributed by atoms with van der Waals surface area (Å²) < 4.78 is 0. The van der Waals surface area contributed by atoms with Gasteiger partial charge in [-0.1, -0.05) is 32.6 Å². The van der Waals surface area contributed by atoms with Crippen molar-refractivity contribution >= 4 is 11.8 Å². The molecule has 16 heavy (non-hydrogen) atoms. The first-order valence-corrected chi connectivity index (χ1v) is 6.05. The minimum absolute atomic E-state index is 0.175. The highest BCUT2D eigenvalue weighted by Gasteiger charge is 2.36. The zero-order valence-corrected chi connectivity index (χ0v) is 10.5. The Labute approximate surface area is 97.5 Å². The van der Waals surface area contributed by atoms with Gasteiger partial charge in [0.1, 0.15) is 0 Å². The first kappa shape index (κ1) is 12.9. The maximum Gasteiger partial charge on any atom is 0.254 e. The van der Waals surface area contributed by atoms with E-state index in [-0.39, 0.29) is 17.4 Å². The van der Waals surface area contributed by atoms with E-state index < -0.39 is 0 Å². The van der Waals surface area contributed by atoms with Gasteiger partial charge in [-0.05, 0) is 20.3 Å². The second-order valence-electron chi connectivity index (χ2n) is 4.97. The fourth-order valence-electron chi connectivity index (χ4n) is 2.09. The number of carbonyl (C=O) groups excluding carboxylic acids is 2. The van der Waals surface area contributed by atoms with Crippen molar-refractivity contribution in [2.75, 3.05) is 0 Å². The monoisotopic (exact) mass is 223 g/mol. The number of rotatable bonds is 6. The molecular weight excluding hydrogens is 202 g/mol. The third-order valence-electron chi connectivity index (χ3n) is 3.06. The molecule has 0 saturated heterocycles. The Balaban J connectivity index is 2.50. The third-order valence-corrected chi connectivity index (χ3v) is 3.06. The lowest BCUT2D eigenvalue weighted by Gasteiger charge is -2.33. The van der Waals surface area contributed by atoms with Gasteiger partial charge in [-0.25, -0.2) is 0 Å². The van der Waals surface area contributed by atoms with E-state index in [1.807, 2.05) is 13.8 Å². The molecule has 0 fully saturated rings. The lowest BCUT2D eigenvalue weighted by molar-refractivity contribution is -0.143. The Morgan fingerprint density at radius 2 is 1.62 bits per heavy atom. The molecule has 0 aliphatic carbocycles. The smallest absolute Gasteiger partial charge is 0.254 e. The van der Waals surface area contributed by atoms with Gasteiger partial charge in [0.05, 0.1) is 0 Å². The molecule has 0 aromatic carbocycles. The number of carbonyl (C=O) groups is 2. The number of unbranched alkanes of at least 4 members (excludes halogenated alkanes) is 3. The maximum absolute atomic E-state index is 11.5. The summed E-state index contributed by atoms with van der Waals surface area (Å²) in [6.45, 7) is 6.09. The van der Waals surface area contributed by atoms with E-state index in [0.717, 1.165) is 12.8 Å². The lowest BCUT2D eigenvalue weighted by atomic mass is 9.94. The standard InChI is InChI=1S/C13H21NO2/c1-4-5-6-7-10-13(2,3)14-11(15)8-9-12(14)16/h8-9H,4-7,10H2,1-3H3. The van der Waals surface area contributed by atoms with Crippen LogP contribution in [0.3, 0.4) is 0 Å². The van der Waals surface area contributed by atoms with E-state index in [9.17, 15) is 9.59 Å². The molecule has 0 bridgehead atoms. The quantitative estimate of drug-likeness (QED) is 0.513. The Kier molecular flexibility index (Phi) is 4.27. The van der Waals surface area contributed by atoms with Crippen molar-refractivity contribution in [3.63, 3.8) is 0 Å². The molecule has 0 unspecified atom stereocenters. The van der Waals surface area contributed by atoms with Crippen LogP contribution >= 0.6 is 0 Å². The Bertz CT molecular complexity index is 287. The maximum atomic E-state index is 11.5. The molecular formula is C13H21NO2. The molecule has 0 aromatic heterocycles. The molecule has 0 aromatic rings. The summed E-state index contributed by atoms with van der Waals surface area (Å²) in [5, 5.41) is 0. The van der Waals surface area contributed by atoms with Crippen LogP contribution in [0.15, 0.2) is 12.2 Å². The summed E-state index contributed by atoms with van der Waals surface area (Å²) >= 11 is 0. The van der Waals surface area contributed by atoms with Crippen LogP contribution in [0.25, 0.3) is 0 Å². The normalized spacial score (nSPS) is 16.3. The number of hydrogen-bond donors (Lipinski definition) is 0. The van der Waals surface area contributed by atoms with Crippen LogP contribution in [0.2, 0.25) is 0 Å². The van der Waals surface area contributed by atoms with Crippen molar-refractivity contribution in [2.24, 2.45) is 0 Å². The van der Waals surface area contributed by atoms with Crippen LogP contribution in [0.4, 0.5) is 0 Å². The molecule has 1 rings (SSSR count). The van der Waals surface area contributed by atoms with E-state index in [4.69, 9.17) is 0 Å². The van der Waals surface area contributed by atoms with Gasteiger partial charge in [0, 0.05) is 17.7 Å². The van der Waals surface area contributed by atoms with Crippen LogP contribution in [-0.4, -0.2) is 22.3 Å². The zero-order chi connectivity index (χ0) is 12.2. The van der Waals surface area contributed by atoms with Gasteiger partial charge in [-0.3, -0.25) is 14.5 Å². The van der Waals surface area contributed by atoms with E-state index in [1.54, 1.807) is 0 Å². The van der Waals surface area contributed by atoms with Crippen LogP contribution in [0.1, 0.15) is 52.9 Å². The summed E-state index contributed by atoms with van der Waals surface area (Å²) in [5.41, 5.74) is -0.356. The lowest BCUT2D eigenvalue weighted by Crippen LogP contribution is -2.47. The molecule has 0 saturated carbocycles. The van der Waals surface area contributed by atoms with Gasteiger partial charge in [-0.2, -0.15) is 0 Å². The van der Waals surface area contributed by atoms with Gasteiger partial charge in [0.15, 0.2) is 0 Å². The second kappa shape index (κ2) is 5.28. The van der Waals surface area contributed by atoms with Crippen LogP contribution < -0.4 is 0 Å². The first-order chi connectivity index (χ1) is 7.49. The summed E-state index contributed by atoms with van der Waals surface area (Å²) in [4.78, 5) is 24.5. The van der Waals surface area contributed by atoms with Crippen molar-refractivity contribution in [2.45, 2.75) is 58.4 Å². The summed E-state index contributed by atoms with van der Waals surface area (Å²) in [6, 6.07) is 0. The van der Waals surface area contributed by atoms with Crippen molar-refractivity contribution in [3.8, 4) is 0 Å². The fourth-order valence-corrected chi connectivity index (χ4v) is 2.09. The summed E-state index contributed by atoms with van der Waals surface area (Å²) in [7, 11) is 0. The van der Waals surface area contributed by atoms with Crippen LogP contribution in [0, 0.1) is 0 Å². The first-order valence-electron chi connectivity index (χ1n) is 6.05. The van der Waals surface area contributed by atoms with E-state index in [0.29, 0.717) is 0 Å². The van der Waals surface area contributed by atoms with Crippen molar-refractivity contribution in [3.05, 3.63) is 12.2 Å². The molecule has 3 heteroatoms. The largest absolute Gasteiger partial charge is 0.270 e. The molecule has 1 heterocycles. The predicted octanol–water partition coefficient (Wildman–Crippen LogP) is 2.66. The van der Waals surface area contributed by atoms with Crippen molar-refractivity contribution < 1.29 is 9.59 Å². The van der Waals surface area contributed by atoms with E-state index in [1.165, 1.54) is 36.3 Å². The predicted molar refractivity (Wildman–Crippen MR) is 63.8 cm³/mol. The highest BCUT2D eigenvalue weighted by Crippen LogP contribution is 2.25. The highest BCUT2D eigenvalue weighted by atomic mass is 16.2. The molecule has 0 N–H and O–H groups in total. The third kappa shape index (κ3) is 2.94. The molecule has 0 radical (unpaired) electrons. The zero-order valence-electron chi connectivity index (χ0n) is 10.5. The van der Waals surface area contributed by atoms with Gasteiger partial charge < -0.3 is 0 Å². The number of hydrogen-bond acceptors (Lipinski definition) is 2. The van der Waals surface area contributed by atoms with E-state index in [2.05, 4.69) is 6.92 Å². The number of imide groups is 1. The van der Waals surface area contributed by atoms with E-state index >= 15 is 0 Å². The van der Waals surface area contributed by atoms with Crippen molar-refractivity contribution in [1.82, 2.24) is 4.90 Å². The minimum atomic E-state index is -0.356. The molecule has 2 amide bonds. The Morgan fingerprint density at radius 3 is 2.12 bits per heavy atom. The van der Waals surface area contributed by atoms with Crippen LogP contribution in [0.5, 0.6) is 0 Å². The highest BCUT2D eigenvalue weighted by molar-refractivity contribution is 6.13. The van der Waals surface area contributed by atoms with Crippen LogP contribution in [-0.2, 0) is 9.59 Å². The number of amides is 2. The minimum Gasteiger partial charge on any atom is -0.270 e. The van der Waals surface area contributed by atoms with Crippen molar-refractivity contribution in [1.29, 1.82) is 0 Å². The summed E-state index contributed by atoms with van der Waals surface area (Å²) in [6.07, 6.45) is 8.25. The van der Waals surface area contributed by atoms with Gasteiger partial charge in [-0.15, -0.1) is 0 Å². The number of nitrogens with zero attached hydrogens (tertiary/aromatic N) is 1. The molecule has 3 nitrogen and oxygen atoms in total. The average Bonchev–Trinajstić information content (AvgIpc) is 2.54. The van der Waals surface area contributed by atoms with Gasteiger partial charge in [0.25, 0.3) is 11.8 Å². The average molecular weight is 223 g/mol. The fraction of sp³-hybridized carbons (Fsp3) is 0.692. The Morgan fingerprint density at radius 1 is 1.06 bits per heavy atom. The second-order valence-corrected chi connectivity index (χ2v) is 4.97. The molecule has 1 aliphatic heterocycles. The molecule has 0 atom stereocenters. The SMILES string of the molecule is CCCCCCC(C)(C)N1C(=O)C=CC1=O. The van der Waals surface area contributed by atoms with Gasteiger partial charge >= 0.3 is 0 Å².